The van der Waals surface area contributed by atoms with Crippen LogP contribution >= 0.6 is 0 Å². The van der Waals surface area contributed by atoms with E-state index in [0.717, 1.165) is 142 Å². The summed E-state index contributed by atoms with van der Waals surface area (Å²) in [7, 11) is 0. The van der Waals surface area contributed by atoms with Crippen molar-refractivity contribution in [3.05, 3.63) is 213 Å². The fourth-order valence-electron chi connectivity index (χ4n) is 20.8. The van der Waals surface area contributed by atoms with Gasteiger partial charge >= 0.3 is 11.9 Å². The summed E-state index contributed by atoms with van der Waals surface area (Å²) in [5.41, 5.74) is 12.1. The standard InChI is InChI=1S/C88H96N2O6/c1-55(2)57-31-35-67-61(51-57)33-37-73-83(67,9)43-21-45-85(73,11)93-75(91)41-49-89-71-29-19-17-27-69(71)81(5,6)87(89)47-39-63-53-59-23-13-15-25-65(59)77(79(63)95-87)78-66-26-16-14-24-60(66)54-64-40-48-88(96-80(64)78)82(7,8)70-28-18-20-30-72(70)90(88)50-42-76(92)94-86(12)46-22-44-84(10)68-36-32-58(56(3)4)52-62(68)34-38-74(84)86/h13-20,23-32,35-36,39-40,47-48,51-56,73-74H,21-22,33-34,37-38,41-46,49-50H2,1-12H3/t73?,74?,83-,84-,85-,86-,87?,88?/m1/s1. The van der Waals surface area contributed by atoms with Gasteiger partial charge in [-0.05, 0) is 243 Å². The van der Waals surface area contributed by atoms with Crippen LogP contribution in [0.25, 0.3) is 44.8 Å². The highest BCUT2D eigenvalue weighted by Crippen LogP contribution is 2.63. The SMILES string of the molecule is CC(C)c1ccc2c(c1)CCC1[C@](C)(OC(=O)CCN3c4ccccc4C(C)(C)C34C=Cc3cc5ccccc5c(-c5c6c(cc7ccccc57)C=CC5(O6)N(CCC(=O)O[C@]6(C)CCC[C@]7(C)c8ccc(C(C)C)cc8CCC67)c6ccccc6C5(C)C)c3O4)CCC[C@]21C. The van der Waals surface area contributed by atoms with Crippen molar-refractivity contribution in [3.8, 4) is 22.6 Å². The molecule has 4 unspecified atom stereocenters. The summed E-state index contributed by atoms with van der Waals surface area (Å²) in [6.07, 6.45) is 19.3. The van der Waals surface area contributed by atoms with Gasteiger partial charge in [-0.25, -0.2) is 0 Å². The number of anilines is 2. The second-order valence-electron chi connectivity index (χ2n) is 32.6. The number of hydrogen-bond donors (Lipinski definition) is 0. The third kappa shape index (κ3) is 9.17. The van der Waals surface area contributed by atoms with Crippen LogP contribution in [0.15, 0.2) is 158 Å². The molecule has 4 aliphatic carbocycles. The first kappa shape index (κ1) is 62.7. The summed E-state index contributed by atoms with van der Waals surface area (Å²) < 4.78 is 30.2. The Morgan fingerprint density at radius 3 is 1.29 bits per heavy atom. The quantitative estimate of drug-likeness (QED) is 0.119. The Morgan fingerprint density at radius 1 is 0.479 bits per heavy atom. The van der Waals surface area contributed by atoms with Gasteiger partial charge in [-0.1, -0.05) is 163 Å². The van der Waals surface area contributed by atoms with Crippen molar-refractivity contribution >= 4 is 57.0 Å². The third-order valence-electron chi connectivity index (χ3n) is 25.9. The molecule has 4 heterocycles. The van der Waals surface area contributed by atoms with Crippen LogP contribution in [-0.2, 0) is 53.6 Å². The summed E-state index contributed by atoms with van der Waals surface area (Å²) in [6, 6.07) is 53.5. The fourth-order valence-corrected chi connectivity index (χ4v) is 20.8. The second-order valence-corrected chi connectivity index (χ2v) is 32.6. The Balaban J connectivity index is 0.748. The Morgan fingerprint density at radius 2 is 0.875 bits per heavy atom. The Kier molecular flexibility index (Phi) is 14.5. The maximum absolute atomic E-state index is 15.0. The molecule has 0 saturated heterocycles. The first-order chi connectivity index (χ1) is 45.9. The molecule has 8 atom stereocenters. The monoisotopic (exact) mass is 1280 g/mol. The predicted octanol–water partition coefficient (Wildman–Crippen LogP) is 20.5. The molecule has 2 fully saturated rings. The molecule has 0 N–H and O–H groups in total. The molecule has 0 amide bonds. The normalized spacial score (nSPS) is 28.3. The first-order valence-corrected chi connectivity index (χ1v) is 36.3. The van der Waals surface area contributed by atoms with E-state index in [4.69, 9.17) is 18.9 Å². The molecule has 494 valence electrons. The lowest BCUT2D eigenvalue weighted by atomic mass is 9.53. The van der Waals surface area contributed by atoms with Crippen LogP contribution in [0.1, 0.15) is 215 Å². The molecule has 8 aliphatic rings. The molecule has 0 bridgehead atoms. The van der Waals surface area contributed by atoms with Gasteiger partial charge < -0.3 is 28.7 Å². The van der Waals surface area contributed by atoms with Crippen LogP contribution < -0.4 is 19.3 Å². The molecular weight excluding hydrogens is 1180 g/mol. The van der Waals surface area contributed by atoms with E-state index in [1.54, 1.807) is 0 Å². The molecule has 0 radical (unpaired) electrons. The highest BCUT2D eigenvalue weighted by Gasteiger charge is 2.62. The number of fused-ring (bicyclic) bond motifs is 12. The van der Waals surface area contributed by atoms with Crippen molar-refractivity contribution < 1.29 is 28.5 Å². The fraction of sp³-hybridized carbons (Fsp3) is 0.432. The number of rotatable bonds is 11. The number of ether oxygens (including phenoxy) is 4. The minimum atomic E-state index is -1.07. The van der Waals surface area contributed by atoms with Crippen molar-refractivity contribution in [1.29, 1.82) is 0 Å². The minimum absolute atomic E-state index is 0.0778. The van der Waals surface area contributed by atoms with E-state index in [1.807, 2.05) is 0 Å². The number of carbonyl (C=O) groups is 2. The number of benzene rings is 8. The Bertz CT molecular complexity index is 4300. The molecule has 4 aliphatic heterocycles. The smallest absolute Gasteiger partial charge is 0.308 e. The molecule has 8 aromatic carbocycles. The van der Waals surface area contributed by atoms with Gasteiger partial charge in [-0.2, -0.15) is 0 Å². The van der Waals surface area contributed by atoms with Crippen molar-refractivity contribution in [2.24, 2.45) is 11.8 Å². The molecular formula is C88H96N2O6. The van der Waals surface area contributed by atoms with Gasteiger partial charge in [0.2, 0.25) is 11.4 Å². The summed E-state index contributed by atoms with van der Waals surface area (Å²) >= 11 is 0. The second kappa shape index (κ2) is 22.2. The number of carbonyl (C=O) groups excluding carboxylic acids is 2. The molecule has 16 rings (SSSR count). The highest BCUT2D eigenvalue weighted by atomic mass is 16.6. The zero-order valence-corrected chi connectivity index (χ0v) is 58.7. The van der Waals surface area contributed by atoms with E-state index in [-0.39, 0.29) is 47.4 Å². The number of nitrogens with zero attached hydrogens (tertiary/aromatic N) is 2. The number of esters is 2. The molecule has 8 nitrogen and oxygen atoms in total. The van der Waals surface area contributed by atoms with Crippen LogP contribution in [-0.4, -0.2) is 47.7 Å². The van der Waals surface area contributed by atoms with Crippen LogP contribution in [0.3, 0.4) is 0 Å². The lowest BCUT2D eigenvalue weighted by molar-refractivity contribution is -0.175. The van der Waals surface area contributed by atoms with Crippen LogP contribution in [0, 0.1) is 11.8 Å². The number of para-hydroxylation sites is 2. The van der Waals surface area contributed by atoms with Gasteiger partial charge in [-0.15, -0.1) is 0 Å². The average Bonchev–Trinajstić information content (AvgIpc) is 1.50. The van der Waals surface area contributed by atoms with Gasteiger partial charge in [0.15, 0.2) is 0 Å². The van der Waals surface area contributed by atoms with Gasteiger partial charge in [0.25, 0.3) is 0 Å². The third-order valence-corrected chi connectivity index (χ3v) is 25.9. The van der Waals surface area contributed by atoms with Crippen LogP contribution in [0.5, 0.6) is 11.5 Å². The van der Waals surface area contributed by atoms with E-state index in [1.165, 1.54) is 33.4 Å². The largest absolute Gasteiger partial charge is 0.462 e. The molecule has 0 aromatic heterocycles. The molecule has 8 aromatic rings. The van der Waals surface area contributed by atoms with Crippen LogP contribution in [0.4, 0.5) is 11.4 Å². The number of hydrogen-bond acceptors (Lipinski definition) is 8. The maximum atomic E-state index is 15.0. The molecule has 2 saturated carbocycles. The van der Waals surface area contributed by atoms with Crippen molar-refractivity contribution in [1.82, 2.24) is 0 Å². The number of aryl methyl sites for hydroxylation is 2. The van der Waals surface area contributed by atoms with Gasteiger partial charge in [0.1, 0.15) is 22.7 Å². The van der Waals surface area contributed by atoms with Crippen LogP contribution in [0.2, 0.25) is 0 Å². The summed E-state index contributed by atoms with van der Waals surface area (Å²) in [5.74, 6) is 2.54. The van der Waals surface area contributed by atoms with E-state index < -0.39 is 33.5 Å². The Hall–Kier alpha value is -8.10. The topological polar surface area (TPSA) is 77.5 Å². The summed E-state index contributed by atoms with van der Waals surface area (Å²) in [5, 5.41) is 4.24. The zero-order chi connectivity index (χ0) is 66.7. The van der Waals surface area contributed by atoms with Gasteiger partial charge in [-0.3, -0.25) is 9.59 Å². The first-order valence-electron chi connectivity index (χ1n) is 36.3. The average molecular weight is 1280 g/mol. The molecule has 96 heavy (non-hydrogen) atoms. The summed E-state index contributed by atoms with van der Waals surface area (Å²) in [4.78, 5) is 34.7. The molecule has 2 spiro atoms. The lowest BCUT2D eigenvalue weighted by Gasteiger charge is -2.54. The Labute approximate surface area is 569 Å². The van der Waals surface area contributed by atoms with E-state index in [0.29, 0.717) is 24.9 Å². The summed E-state index contributed by atoms with van der Waals surface area (Å²) in [6.45, 7) is 28.4. The van der Waals surface area contributed by atoms with E-state index in [9.17, 15) is 9.59 Å². The lowest BCUT2D eigenvalue weighted by Crippen LogP contribution is -2.60. The van der Waals surface area contributed by atoms with E-state index in [2.05, 4.69) is 263 Å². The molecule has 8 heteroatoms. The van der Waals surface area contributed by atoms with Crippen molar-refractivity contribution in [2.45, 2.75) is 216 Å². The predicted molar refractivity (Wildman–Crippen MR) is 391 cm³/mol. The zero-order valence-electron chi connectivity index (χ0n) is 58.7. The van der Waals surface area contributed by atoms with E-state index >= 15 is 0 Å². The van der Waals surface area contributed by atoms with Crippen molar-refractivity contribution in [3.63, 3.8) is 0 Å². The minimum Gasteiger partial charge on any atom is -0.462 e. The maximum Gasteiger partial charge on any atom is 0.308 e. The van der Waals surface area contributed by atoms with Gasteiger partial charge in [0, 0.05) is 58.6 Å². The highest BCUT2D eigenvalue weighted by molar-refractivity contribution is 6.12. The van der Waals surface area contributed by atoms with Gasteiger partial charge in [0.05, 0.1) is 23.7 Å². The van der Waals surface area contributed by atoms with Crippen molar-refractivity contribution in [2.75, 3.05) is 22.9 Å².